The van der Waals surface area contributed by atoms with E-state index in [4.69, 9.17) is 27.9 Å². The number of rotatable bonds is 1. The van der Waals surface area contributed by atoms with E-state index in [1.165, 1.54) is 13.2 Å². The van der Waals surface area contributed by atoms with Gasteiger partial charge in [-0.25, -0.2) is 4.39 Å². The van der Waals surface area contributed by atoms with E-state index in [0.717, 1.165) is 0 Å². The van der Waals surface area contributed by atoms with Crippen LogP contribution in [0.3, 0.4) is 0 Å². The molecule has 80 valence electrons. The monoisotopic (exact) mass is 238 g/mol. The van der Waals surface area contributed by atoms with Gasteiger partial charge in [0.2, 0.25) is 0 Å². The summed E-state index contributed by atoms with van der Waals surface area (Å²) < 4.78 is 17.9. The van der Waals surface area contributed by atoms with Gasteiger partial charge in [0.15, 0.2) is 0 Å². The Balaban J connectivity index is 0.000000791. The number of methoxy groups -OCH3 is 1. The van der Waals surface area contributed by atoms with Crippen LogP contribution in [0.2, 0.25) is 10.0 Å². The molecule has 0 heterocycles. The van der Waals surface area contributed by atoms with E-state index in [1.54, 1.807) is 6.92 Å². The van der Waals surface area contributed by atoms with Gasteiger partial charge in [0.25, 0.3) is 0 Å². The number of hydrogen-bond acceptors (Lipinski definition) is 1. The predicted octanol–water partition coefficient (Wildman–Crippen LogP) is 4.48. The van der Waals surface area contributed by atoms with Gasteiger partial charge in [-0.1, -0.05) is 37.0 Å². The minimum atomic E-state index is -0.498. The fraction of sp³-hybridized carbons (Fsp3) is 0.400. The Morgan fingerprint density at radius 2 is 1.79 bits per heavy atom. The van der Waals surface area contributed by atoms with E-state index >= 15 is 0 Å². The van der Waals surface area contributed by atoms with Crippen LogP contribution in [0.4, 0.5) is 4.39 Å². The second-order valence-corrected chi connectivity index (χ2v) is 3.10. The number of hydrogen-bond donors (Lipinski definition) is 0. The first-order valence-electron chi connectivity index (χ1n) is 4.26. The van der Waals surface area contributed by atoms with Crippen LogP contribution in [-0.4, -0.2) is 7.11 Å². The molecule has 1 aromatic carbocycles. The van der Waals surface area contributed by atoms with Gasteiger partial charge in [0.05, 0.1) is 17.2 Å². The molecule has 0 unspecified atom stereocenters. The van der Waals surface area contributed by atoms with Crippen molar-refractivity contribution in [1.29, 1.82) is 0 Å². The summed E-state index contributed by atoms with van der Waals surface area (Å²) in [6.45, 7) is 5.55. The molecule has 1 rings (SSSR count). The zero-order chi connectivity index (χ0) is 11.3. The van der Waals surface area contributed by atoms with Crippen molar-refractivity contribution in [3.8, 4) is 5.75 Å². The summed E-state index contributed by atoms with van der Waals surface area (Å²) in [6.07, 6.45) is 0. The Kier molecular flexibility index (Phi) is 5.89. The Hall–Kier alpha value is -0.470. The lowest BCUT2D eigenvalue weighted by atomic mass is 10.2. The Morgan fingerprint density at radius 3 is 2.21 bits per heavy atom. The average Bonchev–Trinajstić information content (AvgIpc) is 2.23. The number of benzene rings is 1. The summed E-state index contributed by atoms with van der Waals surface area (Å²) in [5.74, 6) is -0.108. The molecular weight excluding hydrogens is 226 g/mol. The maximum absolute atomic E-state index is 13.0. The largest absolute Gasteiger partial charge is 0.495 e. The van der Waals surface area contributed by atoms with Crippen LogP contribution >= 0.6 is 23.2 Å². The summed E-state index contributed by atoms with van der Waals surface area (Å²) >= 11 is 11.3. The topological polar surface area (TPSA) is 9.23 Å². The molecule has 4 heteroatoms. The molecule has 0 aliphatic carbocycles. The maximum atomic E-state index is 13.0. The Bertz CT molecular complexity index is 313. The van der Waals surface area contributed by atoms with E-state index in [9.17, 15) is 4.39 Å². The molecule has 0 saturated carbocycles. The van der Waals surface area contributed by atoms with E-state index in [-0.39, 0.29) is 10.0 Å². The van der Waals surface area contributed by atoms with Crippen LogP contribution in [-0.2, 0) is 0 Å². The fourth-order valence-corrected chi connectivity index (χ4v) is 1.31. The third-order valence-electron chi connectivity index (χ3n) is 1.56. The molecule has 0 spiro atoms. The molecule has 0 aliphatic rings. The van der Waals surface area contributed by atoms with E-state index < -0.39 is 5.82 Å². The zero-order valence-electron chi connectivity index (χ0n) is 8.62. The van der Waals surface area contributed by atoms with Gasteiger partial charge in [-0.3, -0.25) is 0 Å². The van der Waals surface area contributed by atoms with Gasteiger partial charge >= 0.3 is 0 Å². The van der Waals surface area contributed by atoms with Gasteiger partial charge in [-0.15, -0.1) is 0 Å². The average molecular weight is 239 g/mol. The smallest absolute Gasteiger partial charge is 0.146 e. The maximum Gasteiger partial charge on any atom is 0.146 e. The molecule has 0 bridgehead atoms. The molecule has 0 N–H and O–H groups in total. The summed E-state index contributed by atoms with van der Waals surface area (Å²) in [6, 6.07) is 1.35. The summed E-state index contributed by atoms with van der Waals surface area (Å²) in [5.41, 5.74) is 0.306. The first kappa shape index (κ1) is 13.5. The summed E-state index contributed by atoms with van der Waals surface area (Å²) in [7, 11) is 1.45. The minimum Gasteiger partial charge on any atom is -0.495 e. The SMILES string of the molecule is CC.COc1cc(Cl)c(F)c(C)c1Cl. The highest BCUT2D eigenvalue weighted by atomic mass is 35.5. The van der Waals surface area contributed by atoms with Gasteiger partial charge in [-0.05, 0) is 6.92 Å². The molecular formula is C10H13Cl2FO. The molecule has 0 amide bonds. The van der Waals surface area contributed by atoms with Crippen LogP contribution in [0.5, 0.6) is 5.75 Å². The molecule has 0 atom stereocenters. The summed E-state index contributed by atoms with van der Waals surface area (Å²) in [5, 5.41) is 0.285. The van der Waals surface area contributed by atoms with Crippen molar-refractivity contribution in [2.24, 2.45) is 0 Å². The van der Waals surface area contributed by atoms with Crippen molar-refractivity contribution in [2.45, 2.75) is 20.8 Å². The van der Waals surface area contributed by atoms with E-state index in [0.29, 0.717) is 11.3 Å². The first-order chi connectivity index (χ1) is 6.57. The fourth-order valence-electron chi connectivity index (χ4n) is 0.851. The van der Waals surface area contributed by atoms with Crippen molar-refractivity contribution in [2.75, 3.05) is 7.11 Å². The third kappa shape index (κ3) is 2.76. The van der Waals surface area contributed by atoms with Gasteiger partial charge < -0.3 is 4.74 Å². The van der Waals surface area contributed by atoms with Crippen molar-refractivity contribution < 1.29 is 9.13 Å². The van der Waals surface area contributed by atoms with Crippen LogP contribution in [0.1, 0.15) is 19.4 Å². The van der Waals surface area contributed by atoms with Crippen LogP contribution in [0, 0.1) is 12.7 Å². The third-order valence-corrected chi connectivity index (χ3v) is 2.31. The lowest BCUT2D eigenvalue weighted by molar-refractivity contribution is 0.413. The molecule has 0 aliphatic heterocycles. The first-order valence-corrected chi connectivity index (χ1v) is 5.01. The standard InChI is InChI=1S/C8H7Cl2FO.C2H6/c1-4-7(10)6(12-2)3-5(9)8(4)11;1-2/h3H,1-2H3;1-2H3. The molecule has 0 fully saturated rings. The number of halogens is 3. The molecule has 1 aromatic rings. The number of ether oxygens (including phenoxy) is 1. The molecule has 0 aromatic heterocycles. The highest BCUT2D eigenvalue weighted by molar-refractivity contribution is 6.35. The van der Waals surface area contributed by atoms with Gasteiger partial charge in [-0.2, -0.15) is 0 Å². The highest BCUT2D eigenvalue weighted by Crippen LogP contribution is 2.33. The van der Waals surface area contributed by atoms with Crippen LogP contribution in [0.25, 0.3) is 0 Å². The van der Waals surface area contributed by atoms with Crippen molar-refractivity contribution in [1.82, 2.24) is 0 Å². The van der Waals surface area contributed by atoms with Crippen molar-refractivity contribution in [3.05, 3.63) is 27.5 Å². The second-order valence-electron chi connectivity index (χ2n) is 2.31. The van der Waals surface area contributed by atoms with Gasteiger partial charge in [0.1, 0.15) is 11.6 Å². The predicted molar refractivity (Wildman–Crippen MR) is 59.1 cm³/mol. The van der Waals surface area contributed by atoms with E-state index in [1.807, 2.05) is 13.8 Å². The Morgan fingerprint density at radius 1 is 1.29 bits per heavy atom. The second kappa shape index (κ2) is 6.10. The molecule has 0 radical (unpaired) electrons. The quantitative estimate of drug-likeness (QED) is 0.656. The van der Waals surface area contributed by atoms with Crippen LogP contribution < -0.4 is 4.74 Å². The minimum absolute atomic E-state index is 0.0220. The normalized spacial score (nSPS) is 9.07. The lowest BCUT2D eigenvalue weighted by Gasteiger charge is -2.07. The molecule has 14 heavy (non-hydrogen) atoms. The molecule has 1 nitrogen and oxygen atoms in total. The van der Waals surface area contributed by atoms with E-state index in [2.05, 4.69) is 0 Å². The highest BCUT2D eigenvalue weighted by Gasteiger charge is 2.12. The lowest BCUT2D eigenvalue weighted by Crippen LogP contribution is -1.91. The van der Waals surface area contributed by atoms with Crippen LogP contribution in [0.15, 0.2) is 6.07 Å². The van der Waals surface area contributed by atoms with Gasteiger partial charge in [0, 0.05) is 11.6 Å². The van der Waals surface area contributed by atoms with Crippen molar-refractivity contribution in [3.63, 3.8) is 0 Å². The van der Waals surface area contributed by atoms with Crippen molar-refractivity contribution >= 4 is 23.2 Å². The zero-order valence-corrected chi connectivity index (χ0v) is 10.1. The molecule has 0 saturated heterocycles. The summed E-state index contributed by atoms with van der Waals surface area (Å²) in [4.78, 5) is 0. The Labute approximate surface area is 93.8 Å².